The van der Waals surface area contributed by atoms with Crippen molar-refractivity contribution in [2.24, 2.45) is 0 Å². The van der Waals surface area contributed by atoms with Crippen LogP contribution in [0.2, 0.25) is 0 Å². The first kappa shape index (κ1) is 16.1. The Morgan fingerprint density at radius 3 is 2.62 bits per heavy atom. The number of halogens is 1. The van der Waals surface area contributed by atoms with Crippen molar-refractivity contribution >= 4 is 27.7 Å². The van der Waals surface area contributed by atoms with Crippen molar-refractivity contribution in [2.75, 3.05) is 25.2 Å². The van der Waals surface area contributed by atoms with E-state index in [4.69, 9.17) is 14.2 Å². The molecule has 1 aliphatic rings. The van der Waals surface area contributed by atoms with Crippen molar-refractivity contribution in [3.8, 4) is 5.75 Å². The van der Waals surface area contributed by atoms with Gasteiger partial charge >= 0.3 is 5.97 Å². The predicted octanol–water partition coefficient (Wildman–Crippen LogP) is 2.37. The number of rotatable bonds is 9. The summed E-state index contributed by atoms with van der Waals surface area (Å²) in [6.07, 6.45) is 1.16. The van der Waals surface area contributed by atoms with Crippen molar-refractivity contribution < 1.29 is 23.8 Å². The van der Waals surface area contributed by atoms with Gasteiger partial charge in [-0.1, -0.05) is 15.9 Å². The van der Waals surface area contributed by atoms with Gasteiger partial charge in [-0.3, -0.25) is 9.59 Å². The highest BCUT2D eigenvalue weighted by Crippen LogP contribution is 2.14. The largest absolute Gasteiger partial charge is 0.427 e. The Hall–Kier alpha value is -1.24. The maximum absolute atomic E-state index is 11.6. The molecular weight excluding hydrogens is 340 g/mol. The summed E-state index contributed by atoms with van der Waals surface area (Å²) in [5.41, 5.74) is 0.586. The molecular formula is C15H17BrO5. The third-order valence-corrected chi connectivity index (χ3v) is 3.41. The summed E-state index contributed by atoms with van der Waals surface area (Å²) in [5, 5.41) is 0.276. The number of hydrogen-bond donors (Lipinski definition) is 0. The molecule has 1 aliphatic heterocycles. The maximum Gasteiger partial charge on any atom is 0.311 e. The molecule has 1 aromatic rings. The van der Waals surface area contributed by atoms with Gasteiger partial charge < -0.3 is 14.2 Å². The molecule has 114 valence electrons. The topological polar surface area (TPSA) is 65.1 Å². The third kappa shape index (κ3) is 5.95. The Balaban J connectivity index is 1.65. The molecule has 1 aromatic carbocycles. The Bertz CT molecular complexity index is 481. The Morgan fingerprint density at radius 2 is 2.00 bits per heavy atom. The first-order valence-electron chi connectivity index (χ1n) is 6.78. The lowest BCUT2D eigenvalue weighted by Crippen LogP contribution is -2.10. The number of alkyl halides is 1. The fourth-order valence-corrected chi connectivity index (χ4v) is 1.99. The van der Waals surface area contributed by atoms with Gasteiger partial charge in [0, 0.05) is 18.6 Å². The van der Waals surface area contributed by atoms with Crippen LogP contribution < -0.4 is 4.74 Å². The summed E-state index contributed by atoms with van der Waals surface area (Å²) < 4.78 is 15.5. The molecule has 1 fully saturated rings. The van der Waals surface area contributed by atoms with Crippen LogP contribution >= 0.6 is 15.9 Å². The quantitative estimate of drug-likeness (QED) is 0.170. The molecule has 0 bridgehead atoms. The zero-order valence-corrected chi connectivity index (χ0v) is 13.1. The van der Waals surface area contributed by atoms with Crippen molar-refractivity contribution in [1.82, 2.24) is 0 Å². The summed E-state index contributed by atoms with van der Waals surface area (Å²) >= 11 is 3.11. The van der Waals surface area contributed by atoms with Crippen molar-refractivity contribution in [3.63, 3.8) is 0 Å². The van der Waals surface area contributed by atoms with Gasteiger partial charge in [0.2, 0.25) is 0 Å². The van der Waals surface area contributed by atoms with Gasteiger partial charge in [-0.2, -0.15) is 0 Å². The lowest BCUT2D eigenvalue weighted by Gasteiger charge is -2.05. The van der Waals surface area contributed by atoms with Gasteiger partial charge in [0.15, 0.2) is 5.78 Å². The van der Waals surface area contributed by atoms with E-state index >= 15 is 0 Å². The highest BCUT2D eigenvalue weighted by atomic mass is 79.9. The van der Waals surface area contributed by atoms with E-state index in [9.17, 15) is 9.59 Å². The van der Waals surface area contributed by atoms with Crippen LogP contribution in [0, 0.1) is 0 Å². The smallest absolute Gasteiger partial charge is 0.311 e. The standard InChI is InChI=1S/C15H17BrO5/c16-8-14(17)11-3-5-12(6-4-11)21-15(18)2-1-7-19-9-13-10-20-13/h3-6,13H,1-2,7-10H2. The van der Waals surface area contributed by atoms with Gasteiger partial charge in [0.05, 0.1) is 18.5 Å². The van der Waals surface area contributed by atoms with Gasteiger partial charge in [-0.05, 0) is 30.7 Å². The van der Waals surface area contributed by atoms with E-state index in [1.165, 1.54) is 0 Å². The van der Waals surface area contributed by atoms with Gasteiger partial charge in [-0.15, -0.1) is 0 Å². The van der Waals surface area contributed by atoms with Crippen molar-refractivity contribution in [3.05, 3.63) is 29.8 Å². The van der Waals surface area contributed by atoms with Crippen molar-refractivity contribution in [2.45, 2.75) is 18.9 Å². The zero-order valence-electron chi connectivity index (χ0n) is 11.5. The first-order valence-corrected chi connectivity index (χ1v) is 7.90. The molecule has 0 radical (unpaired) electrons. The van der Waals surface area contributed by atoms with Crippen LogP contribution in [0.25, 0.3) is 0 Å². The number of carbonyl (C=O) groups is 2. The number of carbonyl (C=O) groups excluding carboxylic acids is 2. The van der Waals surface area contributed by atoms with E-state index < -0.39 is 0 Å². The van der Waals surface area contributed by atoms with Crippen LogP contribution in [-0.4, -0.2) is 43.0 Å². The van der Waals surface area contributed by atoms with Crippen LogP contribution in [0.1, 0.15) is 23.2 Å². The minimum Gasteiger partial charge on any atom is -0.427 e. The highest BCUT2D eigenvalue weighted by molar-refractivity contribution is 9.09. The molecule has 1 saturated heterocycles. The second-order valence-corrected chi connectivity index (χ2v) is 5.25. The maximum atomic E-state index is 11.6. The minimum atomic E-state index is -0.305. The second kappa shape index (κ2) is 8.26. The van der Waals surface area contributed by atoms with Gasteiger partial charge in [-0.25, -0.2) is 0 Å². The first-order chi connectivity index (χ1) is 10.2. The summed E-state index contributed by atoms with van der Waals surface area (Å²) in [7, 11) is 0. The molecule has 0 spiro atoms. The summed E-state index contributed by atoms with van der Waals surface area (Å²) in [6.45, 7) is 1.89. The average molecular weight is 357 g/mol. The number of benzene rings is 1. The molecule has 0 aliphatic carbocycles. The van der Waals surface area contributed by atoms with Gasteiger partial charge in [0.1, 0.15) is 11.9 Å². The van der Waals surface area contributed by atoms with E-state index in [2.05, 4.69) is 15.9 Å². The Labute approximate surface area is 131 Å². The molecule has 0 amide bonds. The monoisotopic (exact) mass is 356 g/mol. The molecule has 0 saturated carbocycles. The summed E-state index contributed by atoms with van der Waals surface area (Å²) in [6, 6.07) is 6.53. The fourth-order valence-electron chi connectivity index (χ4n) is 1.67. The Kier molecular flexibility index (Phi) is 6.35. The van der Waals surface area contributed by atoms with Crippen molar-refractivity contribution in [1.29, 1.82) is 0 Å². The van der Waals surface area contributed by atoms with Crippen LogP contribution in [0.5, 0.6) is 5.75 Å². The normalized spacial score (nSPS) is 16.5. The molecule has 2 rings (SSSR count). The van der Waals surface area contributed by atoms with E-state index in [1.54, 1.807) is 24.3 Å². The molecule has 0 N–H and O–H groups in total. The van der Waals surface area contributed by atoms with Crippen LogP contribution in [0.3, 0.4) is 0 Å². The Morgan fingerprint density at radius 1 is 1.29 bits per heavy atom. The fraction of sp³-hybridized carbons (Fsp3) is 0.467. The lowest BCUT2D eigenvalue weighted by molar-refractivity contribution is -0.134. The minimum absolute atomic E-state index is 0.00957. The van der Waals surface area contributed by atoms with Gasteiger partial charge in [0.25, 0.3) is 0 Å². The highest BCUT2D eigenvalue weighted by Gasteiger charge is 2.22. The SMILES string of the molecule is O=C(CCCOCC1CO1)Oc1ccc(C(=O)CBr)cc1. The van der Waals surface area contributed by atoms with E-state index in [-0.39, 0.29) is 23.2 Å². The average Bonchev–Trinajstić information content (AvgIpc) is 3.31. The molecule has 1 unspecified atom stereocenters. The van der Waals surface area contributed by atoms with Crippen LogP contribution in [0.15, 0.2) is 24.3 Å². The number of esters is 1. The second-order valence-electron chi connectivity index (χ2n) is 4.69. The zero-order chi connectivity index (χ0) is 15.1. The van der Waals surface area contributed by atoms with E-state index in [1.807, 2.05) is 0 Å². The number of ether oxygens (including phenoxy) is 3. The van der Waals surface area contributed by atoms with E-state index in [0.717, 1.165) is 6.61 Å². The van der Waals surface area contributed by atoms with Crippen LogP contribution in [-0.2, 0) is 14.3 Å². The van der Waals surface area contributed by atoms with E-state index in [0.29, 0.717) is 37.4 Å². The van der Waals surface area contributed by atoms with Crippen LogP contribution in [0.4, 0.5) is 0 Å². The number of Topliss-reactive ketones (excluding diaryl/α,β-unsaturated/α-hetero) is 1. The third-order valence-electron chi connectivity index (χ3n) is 2.91. The molecule has 1 atom stereocenters. The summed E-state index contributed by atoms with van der Waals surface area (Å²) in [5.74, 6) is 0.129. The summed E-state index contributed by atoms with van der Waals surface area (Å²) in [4.78, 5) is 23.0. The molecule has 5 nitrogen and oxygen atoms in total. The predicted molar refractivity (Wildman–Crippen MR) is 80.0 cm³/mol. The number of epoxide rings is 1. The number of hydrogen-bond acceptors (Lipinski definition) is 5. The molecule has 21 heavy (non-hydrogen) atoms. The molecule has 6 heteroatoms. The number of ketones is 1. The molecule has 1 heterocycles. The lowest BCUT2D eigenvalue weighted by atomic mass is 10.1. The molecule has 0 aromatic heterocycles.